The Hall–Kier alpha value is -1.83. The molecular formula is C14H16FN3O2S. The monoisotopic (exact) mass is 309 g/mol. The van der Waals surface area contributed by atoms with Gasteiger partial charge in [0.25, 0.3) is 5.91 Å². The van der Waals surface area contributed by atoms with E-state index < -0.39 is 0 Å². The first-order valence-electron chi connectivity index (χ1n) is 6.35. The summed E-state index contributed by atoms with van der Waals surface area (Å²) in [7, 11) is 1.54. The summed E-state index contributed by atoms with van der Waals surface area (Å²) in [4.78, 5) is 16.1. The van der Waals surface area contributed by atoms with Crippen LogP contribution in [0.3, 0.4) is 0 Å². The normalized spacial score (nSPS) is 12.1. The Morgan fingerprint density at radius 2 is 2.19 bits per heavy atom. The molecule has 1 aromatic carbocycles. The maximum atomic E-state index is 12.9. The van der Waals surface area contributed by atoms with E-state index in [-0.39, 0.29) is 24.4 Å². The number of nitrogens with one attached hydrogen (secondary N) is 1. The average molecular weight is 309 g/mol. The highest BCUT2D eigenvalue weighted by molar-refractivity contribution is 7.09. The predicted molar refractivity (Wildman–Crippen MR) is 78.5 cm³/mol. The van der Waals surface area contributed by atoms with Gasteiger partial charge in [-0.05, 0) is 17.7 Å². The van der Waals surface area contributed by atoms with Gasteiger partial charge in [-0.2, -0.15) is 0 Å². The minimum atomic E-state index is -0.345. The van der Waals surface area contributed by atoms with Gasteiger partial charge in [0, 0.05) is 25.6 Å². The lowest BCUT2D eigenvalue weighted by atomic mass is 10.1. The summed E-state index contributed by atoms with van der Waals surface area (Å²) >= 11 is 1.35. The van der Waals surface area contributed by atoms with Crippen LogP contribution in [0.5, 0.6) is 0 Å². The standard InChI is InChI=1S/C14H16FN3O2S/c1-20-12(9-2-4-10(15)5-3-9)7-17-14(19)11-8-21-13(6-16)18-11/h2-5,8,12H,6-7,16H2,1H3,(H,17,19). The fraction of sp³-hybridized carbons (Fsp3) is 0.286. The van der Waals surface area contributed by atoms with E-state index in [4.69, 9.17) is 10.5 Å². The number of carbonyl (C=O) groups is 1. The predicted octanol–water partition coefficient (Wildman–Crippen LogP) is 1.86. The van der Waals surface area contributed by atoms with Crippen molar-refractivity contribution in [2.24, 2.45) is 5.73 Å². The summed E-state index contributed by atoms with van der Waals surface area (Å²) in [5, 5.41) is 5.12. The van der Waals surface area contributed by atoms with Crippen LogP contribution in [0.2, 0.25) is 0 Å². The molecule has 2 aromatic rings. The van der Waals surface area contributed by atoms with Crippen LogP contribution in [0, 0.1) is 5.82 Å². The topological polar surface area (TPSA) is 77.2 Å². The number of methoxy groups -OCH3 is 1. The van der Waals surface area contributed by atoms with Crippen LogP contribution in [-0.2, 0) is 11.3 Å². The Kier molecular flexibility index (Phi) is 5.38. The van der Waals surface area contributed by atoms with E-state index in [2.05, 4.69) is 10.3 Å². The smallest absolute Gasteiger partial charge is 0.270 e. The molecule has 2 rings (SSSR count). The molecule has 7 heteroatoms. The third kappa shape index (κ3) is 4.07. The third-order valence-corrected chi connectivity index (χ3v) is 3.80. The second-order valence-electron chi connectivity index (χ2n) is 4.32. The van der Waals surface area contributed by atoms with Crippen molar-refractivity contribution < 1.29 is 13.9 Å². The molecule has 3 N–H and O–H groups in total. The van der Waals surface area contributed by atoms with Crippen molar-refractivity contribution in [1.82, 2.24) is 10.3 Å². The maximum absolute atomic E-state index is 12.9. The Balaban J connectivity index is 1.96. The van der Waals surface area contributed by atoms with Gasteiger partial charge in [-0.15, -0.1) is 11.3 Å². The van der Waals surface area contributed by atoms with Crippen LogP contribution >= 0.6 is 11.3 Å². The van der Waals surface area contributed by atoms with Gasteiger partial charge in [0.2, 0.25) is 0 Å². The first kappa shape index (κ1) is 15.6. The van der Waals surface area contributed by atoms with Gasteiger partial charge in [-0.25, -0.2) is 9.37 Å². The molecule has 0 radical (unpaired) electrons. The molecule has 1 unspecified atom stereocenters. The van der Waals surface area contributed by atoms with Crippen molar-refractivity contribution in [2.75, 3.05) is 13.7 Å². The van der Waals surface area contributed by atoms with Gasteiger partial charge in [0.05, 0.1) is 6.10 Å². The second-order valence-corrected chi connectivity index (χ2v) is 5.26. The van der Waals surface area contributed by atoms with Crippen LogP contribution < -0.4 is 11.1 Å². The van der Waals surface area contributed by atoms with Crippen LogP contribution in [0.4, 0.5) is 4.39 Å². The number of thiazole rings is 1. The lowest BCUT2D eigenvalue weighted by Crippen LogP contribution is -2.29. The molecule has 0 aliphatic heterocycles. The zero-order valence-electron chi connectivity index (χ0n) is 11.5. The average Bonchev–Trinajstić information content (AvgIpc) is 2.98. The van der Waals surface area contributed by atoms with Gasteiger partial charge in [-0.1, -0.05) is 12.1 Å². The fourth-order valence-corrected chi connectivity index (χ4v) is 2.45. The van der Waals surface area contributed by atoms with Crippen molar-refractivity contribution in [3.8, 4) is 0 Å². The molecule has 112 valence electrons. The number of rotatable bonds is 6. The highest BCUT2D eigenvalue weighted by Crippen LogP contribution is 2.16. The Morgan fingerprint density at radius 3 is 2.76 bits per heavy atom. The summed E-state index contributed by atoms with van der Waals surface area (Å²) in [5.74, 6) is -0.593. The SMILES string of the molecule is COC(CNC(=O)c1csc(CN)n1)c1ccc(F)cc1. The highest BCUT2D eigenvalue weighted by atomic mass is 32.1. The lowest BCUT2D eigenvalue weighted by Gasteiger charge is -2.16. The van der Waals surface area contributed by atoms with E-state index in [0.717, 1.165) is 5.56 Å². The molecule has 0 aliphatic rings. The number of ether oxygens (including phenoxy) is 1. The van der Waals surface area contributed by atoms with Crippen molar-refractivity contribution in [1.29, 1.82) is 0 Å². The summed E-state index contributed by atoms with van der Waals surface area (Å²) < 4.78 is 18.2. The van der Waals surface area contributed by atoms with E-state index in [1.54, 1.807) is 17.5 Å². The van der Waals surface area contributed by atoms with Gasteiger partial charge in [0.1, 0.15) is 16.5 Å². The van der Waals surface area contributed by atoms with E-state index in [1.807, 2.05) is 0 Å². The molecule has 0 saturated carbocycles. The lowest BCUT2D eigenvalue weighted by molar-refractivity contribution is 0.0824. The third-order valence-electron chi connectivity index (χ3n) is 2.93. The largest absolute Gasteiger partial charge is 0.375 e. The minimum absolute atomic E-state index is 0.274. The van der Waals surface area contributed by atoms with Crippen LogP contribution in [0.1, 0.15) is 27.2 Å². The summed E-state index contributed by atoms with van der Waals surface area (Å²) in [6, 6.07) is 5.98. The maximum Gasteiger partial charge on any atom is 0.270 e. The molecule has 5 nitrogen and oxygen atoms in total. The van der Waals surface area contributed by atoms with E-state index in [9.17, 15) is 9.18 Å². The number of aromatic nitrogens is 1. The Bertz CT molecular complexity index is 601. The molecule has 1 amide bonds. The van der Waals surface area contributed by atoms with Crippen molar-refractivity contribution in [3.63, 3.8) is 0 Å². The number of nitrogens with zero attached hydrogens (tertiary/aromatic N) is 1. The number of benzene rings is 1. The number of nitrogens with two attached hydrogens (primary N) is 1. The van der Waals surface area contributed by atoms with Gasteiger partial charge in [-0.3, -0.25) is 4.79 Å². The van der Waals surface area contributed by atoms with Crippen LogP contribution in [0.25, 0.3) is 0 Å². The number of hydrogen-bond donors (Lipinski definition) is 2. The second kappa shape index (κ2) is 7.26. The summed E-state index contributed by atoms with van der Waals surface area (Å²) in [6.45, 7) is 0.588. The molecular weight excluding hydrogens is 293 g/mol. The quantitative estimate of drug-likeness (QED) is 0.854. The highest BCUT2D eigenvalue weighted by Gasteiger charge is 2.15. The molecule has 0 fully saturated rings. The van der Waals surface area contributed by atoms with Gasteiger partial charge in [0.15, 0.2) is 0 Å². The molecule has 0 saturated heterocycles. The first-order chi connectivity index (χ1) is 10.1. The Morgan fingerprint density at radius 1 is 1.48 bits per heavy atom. The summed E-state index contributed by atoms with van der Waals surface area (Å²) in [6.07, 6.45) is -0.345. The molecule has 1 heterocycles. The van der Waals surface area contributed by atoms with Crippen LogP contribution in [-0.4, -0.2) is 24.5 Å². The minimum Gasteiger partial charge on any atom is -0.375 e. The number of halogens is 1. The fourth-order valence-electron chi connectivity index (χ4n) is 1.80. The Labute approximate surface area is 126 Å². The van der Waals surface area contributed by atoms with Crippen LogP contribution in [0.15, 0.2) is 29.6 Å². The molecule has 21 heavy (non-hydrogen) atoms. The zero-order valence-corrected chi connectivity index (χ0v) is 12.3. The van der Waals surface area contributed by atoms with Gasteiger partial charge >= 0.3 is 0 Å². The van der Waals surface area contributed by atoms with Crippen molar-refractivity contribution in [2.45, 2.75) is 12.6 Å². The zero-order chi connectivity index (χ0) is 15.2. The van der Waals surface area contributed by atoms with Crippen molar-refractivity contribution in [3.05, 3.63) is 51.7 Å². The van der Waals surface area contributed by atoms with Crippen molar-refractivity contribution >= 4 is 17.2 Å². The first-order valence-corrected chi connectivity index (χ1v) is 7.23. The molecule has 1 aromatic heterocycles. The van der Waals surface area contributed by atoms with E-state index in [0.29, 0.717) is 17.2 Å². The van der Waals surface area contributed by atoms with Gasteiger partial charge < -0.3 is 15.8 Å². The molecule has 1 atom stereocenters. The number of hydrogen-bond acceptors (Lipinski definition) is 5. The number of carbonyl (C=O) groups excluding carboxylic acids is 1. The molecule has 0 aliphatic carbocycles. The number of amides is 1. The molecule has 0 bridgehead atoms. The molecule has 0 spiro atoms. The summed E-state index contributed by atoms with van der Waals surface area (Å²) in [5.41, 5.74) is 6.59. The van der Waals surface area contributed by atoms with E-state index in [1.165, 1.54) is 30.6 Å². The van der Waals surface area contributed by atoms with E-state index >= 15 is 0 Å².